The van der Waals surface area contributed by atoms with Crippen molar-refractivity contribution >= 4 is 5.91 Å². The third-order valence-electron chi connectivity index (χ3n) is 4.91. The Morgan fingerprint density at radius 2 is 1.81 bits per heavy atom. The van der Waals surface area contributed by atoms with Crippen molar-refractivity contribution in [3.8, 4) is 22.6 Å². The molecule has 0 saturated heterocycles. The molecule has 1 aromatic heterocycles. The molecule has 1 aliphatic rings. The van der Waals surface area contributed by atoms with Crippen molar-refractivity contribution in [2.75, 3.05) is 13.2 Å². The summed E-state index contributed by atoms with van der Waals surface area (Å²) in [5, 5.41) is 0. The number of pyridine rings is 1. The molecule has 0 atom stereocenters. The Labute approximate surface area is 177 Å². The molecule has 0 unspecified atom stereocenters. The fraction of sp³-hybridized carbons (Fsp3) is 0.217. The highest BCUT2D eigenvalue weighted by molar-refractivity contribution is 5.94. The second-order valence-electron chi connectivity index (χ2n) is 7.16. The molecule has 5 nitrogen and oxygen atoms in total. The van der Waals surface area contributed by atoms with Gasteiger partial charge in [-0.2, -0.15) is 0 Å². The Morgan fingerprint density at radius 3 is 2.48 bits per heavy atom. The van der Waals surface area contributed by atoms with E-state index in [-0.39, 0.29) is 17.2 Å². The largest absolute Gasteiger partial charge is 0.573 e. The van der Waals surface area contributed by atoms with E-state index in [4.69, 9.17) is 4.74 Å². The van der Waals surface area contributed by atoms with Crippen molar-refractivity contribution in [3.63, 3.8) is 0 Å². The lowest BCUT2D eigenvalue weighted by molar-refractivity contribution is -0.274. The van der Waals surface area contributed by atoms with Crippen LogP contribution in [0.1, 0.15) is 21.6 Å². The zero-order valence-corrected chi connectivity index (χ0v) is 16.6. The summed E-state index contributed by atoms with van der Waals surface area (Å²) in [7, 11) is 0. The molecular formula is C23H19F3N2O3. The normalized spacial score (nSPS) is 13.7. The minimum absolute atomic E-state index is 0.275. The first kappa shape index (κ1) is 20.7. The van der Waals surface area contributed by atoms with Crippen LogP contribution < -0.4 is 9.47 Å². The van der Waals surface area contributed by atoms with Crippen LogP contribution in [-0.4, -0.2) is 35.3 Å². The fourth-order valence-corrected chi connectivity index (χ4v) is 3.37. The fourth-order valence-electron chi connectivity index (χ4n) is 3.37. The van der Waals surface area contributed by atoms with Crippen molar-refractivity contribution < 1.29 is 27.4 Å². The number of rotatable bonds is 3. The summed E-state index contributed by atoms with van der Waals surface area (Å²) in [4.78, 5) is 18.9. The molecule has 0 fully saturated rings. The van der Waals surface area contributed by atoms with Gasteiger partial charge in [-0.1, -0.05) is 12.1 Å². The lowest BCUT2D eigenvalue weighted by Gasteiger charge is -2.20. The van der Waals surface area contributed by atoms with Crippen LogP contribution in [0.25, 0.3) is 11.1 Å². The van der Waals surface area contributed by atoms with Gasteiger partial charge in [0.15, 0.2) is 0 Å². The minimum Gasteiger partial charge on any atom is -0.491 e. The van der Waals surface area contributed by atoms with Crippen LogP contribution in [0.15, 0.2) is 60.8 Å². The number of carbonyl (C=O) groups excluding carboxylic acids is 1. The molecule has 8 heteroatoms. The maximum atomic E-state index is 12.9. The number of nitrogens with zero attached hydrogens (tertiary/aromatic N) is 2. The van der Waals surface area contributed by atoms with Gasteiger partial charge in [-0.15, -0.1) is 13.2 Å². The van der Waals surface area contributed by atoms with E-state index >= 15 is 0 Å². The number of amides is 1. The highest BCUT2D eigenvalue weighted by Crippen LogP contribution is 2.30. The molecule has 0 N–H and O–H groups in total. The summed E-state index contributed by atoms with van der Waals surface area (Å²) in [6, 6.07) is 14.6. The van der Waals surface area contributed by atoms with Gasteiger partial charge in [0.25, 0.3) is 5.91 Å². The summed E-state index contributed by atoms with van der Waals surface area (Å²) in [5.41, 5.74) is 3.96. The number of aromatic nitrogens is 1. The molecule has 0 spiro atoms. The Hall–Kier alpha value is -3.55. The first-order valence-corrected chi connectivity index (χ1v) is 9.62. The standard InChI is InChI=1S/C23H19F3N2O3/c1-15-2-3-18(13-27-15)17-6-9-21-19(12-17)14-28(10-11-30-21)22(29)16-4-7-20(8-5-16)31-23(24,25)26/h2-9,12-13H,10-11,14H2,1H3. The van der Waals surface area contributed by atoms with E-state index in [1.165, 1.54) is 12.1 Å². The molecule has 3 aromatic rings. The average Bonchev–Trinajstić information content (AvgIpc) is 2.95. The molecule has 31 heavy (non-hydrogen) atoms. The second kappa shape index (κ2) is 8.29. The molecule has 0 aliphatic carbocycles. The molecule has 2 aromatic carbocycles. The van der Waals surface area contributed by atoms with E-state index in [0.29, 0.717) is 25.4 Å². The second-order valence-corrected chi connectivity index (χ2v) is 7.16. The maximum absolute atomic E-state index is 12.9. The zero-order chi connectivity index (χ0) is 22.0. The summed E-state index contributed by atoms with van der Waals surface area (Å²) in [6.45, 7) is 2.91. The topological polar surface area (TPSA) is 51.7 Å². The number of aryl methyl sites for hydroxylation is 1. The van der Waals surface area contributed by atoms with Gasteiger partial charge in [-0.3, -0.25) is 9.78 Å². The van der Waals surface area contributed by atoms with Crippen molar-refractivity contribution in [2.45, 2.75) is 19.8 Å². The van der Waals surface area contributed by atoms with Gasteiger partial charge in [-0.05, 0) is 55.0 Å². The van der Waals surface area contributed by atoms with Gasteiger partial charge in [0, 0.05) is 35.1 Å². The predicted octanol–water partition coefficient (Wildman–Crippen LogP) is 4.99. The van der Waals surface area contributed by atoms with E-state index in [1.54, 1.807) is 11.1 Å². The molecule has 160 valence electrons. The molecule has 1 aliphatic heterocycles. The number of alkyl halides is 3. The zero-order valence-electron chi connectivity index (χ0n) is 16.6. The smallest absolute Gasteiger partial charge is 0.491 e. The quantitative estimate of drug-likeness (QED) is 0.590. The van der Waals surface area contributed by atoms with Crippen molar-refractivity contribution in [1.82, 2.24) is 9.88 Å². The van der Waals surface area contributed by atoms with E-state index in [9.17, 15) is 18.0 Å². The van der Waals surface area contributed by atoms with Gasteiger partial charge >= 0.3 is 6.36 Å². The number of fused-ring (bicyclic) bond motifs is 1. The Balaban J connectivity index is 1.54. The summed E-state index contributed by atoms with van der Waals surface area (Å²) in [5.74, 6) is 0.0374. The van der Waals surface area contributed by atoms with E-state index in [1.807, 2.05) is 37.3 Å². The van der Waals surface area contributed by atoms with Gasteiger partial charge in [0.1, 0.15) is 18.1 Å². The van der Waals surface area contributed by atoms with Gasteiger partial charge < -0.3 is 14.4 Å². The lowest BCUT2D eigenvalue weighted by atomic mass is 10.0. The number of halogens is 3. The van der Waals surface area contributed by atoms with Crippen molar-refractivity contribution in [1.29, 1.82) is 0 Å². The molecule has 1 amide bonds. The number of ether oxygens (including phenoxy) is 2. The molecule has 0 radical (unpaired) electrons. The number of carbonyl (C=O) groups is 1. The molecule has 2 heterocycles. The number of hydrogen-bond donors (Lipinski definition) is 0. The van der Waals surface area contributed by atoms with Crippen molar-refractivity contribution in [3.05, 3.63) is 77.6 Å². The minimum atomic E-state index is -4.78. The SMILES string of the molecule is Cc1ccc(-c2ccc3c(c2)CN(C(=O)c2ccc(OC(F)(F)F)cc2)CCO3)cn1. The third-order valence-corrected chi connectivity index (χ3v) is 4.91. The maximum Gasteiger partial charge on any atom is 0.573 e. The van der Waals surface area contributed by atoms with Crippen molar-refractivity contribution in [2.24, 2.45) is 0 Å². The van der Waals surface area contributed by atoms with Crippen LogP contribution in [0.3, 0.4) is 0 Å². The Kier molecular flexibility index (Phi) is 5.54. The highest BCUT2D eigenvalue weighted by atomic mass is 19.4. The summed E-state index contributed by atoms with van der Waals surface area (Å²) in [6.07, 6.45) is -2.98. The van der Waals surface area contributed by atoms with Crippen LogP contribution in [0, 0.1) is 6.92 Å². The molecule has 4 rings (SSSR count). The first-order chi connectivity index (χ1) is 14.8. The van der Waals surface area contributed by atoms with E-state index in [0.717, 1.165) is 34.5 Å². The number of hydrogen-bond acceptors (Lipinski definition) is 4. The lowest BCUT2D eigenvalue weighted by Crippen LogP contribution is -2.32. The molecular weight excluding hydrogens is 409 g/mol. The van der Waals surface area contributed by atoms with E-state index in [2.05, 4.69) is 9.72 Å². The van der Waals surface area contributed by atoms with Crippen LogP contribution >= 0.6 is 0 Å². The summed E-state index contributed by atoms with van der Waals surface area (Å²) >= 11 is 0. The Morgan fingerprint density at radius 1 is 1.06 bits per heavy atom. The average molecular weight is 428 g/mol. The summed E-state index contributed by atoms with van der Waals surface area (Å²) < 4.78 is 46.7. The monoisotopic (exact) mass is 428 g/mol. The van der Waals surface area contributed by atoms with Crippen LogP contribution in [-0.2, 0) is 6.54 Å². The number of benzene rings is 2. The van der Waals surface area contributed by atoms with Crippen LogP contribution in [0.2, 0.25) is 0 Å². The Bertz CT molecular complexity index is 1080. The van der Waals surface area contributed by atoms with Gasteiger partial charge in [0.2, 0.25) is 0 Å². The highest BCUT2D eigenvalue weighted by Gasteiger charge is 2.31. The molecule has 0 bridgehead atoms. The van der Waals surface area contributed by atoms with Gasteiger partial charge in [-0.25, -0.2) is 0 Å². The van der Waals surface area contributed by atoms with Crippen LogP contribution in [0.4, 0.5) is 13.2 Å². The first-order valence-electron chi connectivity index (χ1n) is 9.62. The third kappa shape index (κ3) is 4.96. The van der Waals surface area contributed by atoms with E-state index < -0.39 is 6.36 Å². The predicted molar refractivity (Wildman–Crippen MR) is 108 cm³/mol. The molecule has 0 saturated carbocycles. The van der Waals surface area contributed by atoms with Crippen LogP contribution in [0.5, 0.6) is 11.5 Å². The van der Waals surface area contributed by atoms with Gasteiger partial charge in [0.05, 0.1) is 6.54 Å².